The number of hydrogen-bond acceptors (Lipinski definition) is 5. The molecule has 1 rings (SSSR count). The first-order chi connectivity index (χ1) is 6.22. The van der Waals surface area contributed by atoms with Gasteiger partial charge in [0.2, 0.25) is 5.95 Å². The fraction of sp³-hybridized carbons (Fsp3) is 0.500. The Labute approximate surface area is 77.0 Å². The summed E-state index contributed by atoms with van der Waals surface area (Å²) in [4.78, 5) is 7.85. The third-order valence-electron chi connectivity index (χ3n) is 1.64. The average Bonchev–Trinajstić information content (AvgIpc) is 2.16. The Kier molecular flexibility index (Phi) is 3.45. The van der Waals surface area contributed by atoms with Crippen LogP contribution in [-0.2, 0) is 0 Å². The molecule has 0 saturated heterocycles. The number of nitrogens with one attached hydrogen (secondary N) is 1. The van der Waals surface area contributed by atoms with Gasteiger partial charge in [0.15, 0.2) is 0 Å². The topological polar surface area (TPSA) is 84.1 Å². The van der Waals surface area contributed by atoms with Gasteiger partial charge < -0.3 is 16.2 Å². The van der Waals surface area contributed by atoms with E-state index in [9.17, 15) is 5.11 Å². The summed E-state index contributed by atoms with van der Waals surface area (Å²) >= 11 is 0. The third-order valence-corrected chi connectivity index (χ3v) is 1.64. The molecule has 5 nitrogen and oxygen atoms in total. The number of aliphatic hydroxyl groups excluding tert-OH is 1. The molecule has 0 aliphatic carbocycles. The molecular formula is C8H14N4O. The highest BCUT2D eigenvalue weighted by Gasteiger charge is 2.00. The number of nitrogens with two attached hydrogens (primary N) is 1. The SMILES string of the molecule is CCC(O)CNc1ncc(N)cn1. The Bertz CT molecular complexity index is 249. The van der Waals surface area contributed by atoms with Crippen LogP contribution < -0.4 is 11.1 Å². The average molecular weight is 182 g/mol. The van der Waals surface area contributed by atoms with Crippen LogP contribution in [0.5, 0.6) is 0 Å². The van der Waals surface area contributed by atoms with E-state index >= 15 is 0 Å². The Morgan fingerprint density at radius 3 is 2.69 bits per heavy atom. The molecule has 0 bridgehead atoms. The van der Waals surface area contributed by atoms with E-state index in [0.29, 0.717) is 24.6 Å². The second kappa shape index (κ2) is 4.61. The number of aromatic nitrogens is 2. The van der Waals surface area contributed by atoms with Crippen molar-refractivity contribution in [2.45, 2.75) is 19.4 Å². The molecule has 1 aromatic rings. The van der Waals surface area contributed by atoms with Crippen molar-refractivity contribution in [2.75, 3.05) is 17.6 Å². The first-order valence-corrected chi connectivity index (χ1v) is 4.21. The van der Waals surface area contributed by atoms with E-state index in [2.05, 4.69) is 15.3 Å². The maximum atomic E-state index is 9.23. The van der Waals surface area contributed by atoms with E-state index in [4.69, 9.17) is 5.73 Å². The molecule has 0 amide bonds. The van der Waals surface area contributed by atoms with Gasteiger partial charge >= 0.3 is 0 Å². The number of rotatable bonds is 4. The van der Waals surface area contributed by atoms with Crippen molar-refractivity contribution in [3.05, 3.63) is 12.4 Å². The molecule has 1 unspecified atom stereocenters. The van der Waals surface area contributed by atoms with Crippen LogP contribution in [0.4, 0.5) is 11.6 Å². The van der Waals surface area contributed by atoms with E-state index in [-0.39, 0.29) is 6.10 Å². The molecule has 0 spiro atoms. The highest BCUT2D eigenvalue weighted by Crippen LogP contribution is 2.01. The Morgan fingerprint density at radius 2 is 2.15 bits per heavy atom. The van der Waals surface area contributed by atoms with E-state index in [1.54, 1.807) is 0 Å². The van der Waals surface area contributed by atoms with Gasteiger partial charge in [0.1, 0.15) is 0 Å². The van der Waals surface area contributed by atoms with Crippen LogP contribution in [0.3, 0.4) is 0 Å². The Morgan fingerprint density at radius 1 is 1.54 bits per heavy atom. The molecule has 0 radical (unpaired) electrons. The van der Waals surface area contributed by atoms with Crippen LogP contribution in [0.25, 0.3) is 0 Å². The second-order valence-corrected chi connectivity index (χ2v) is 2.78. The number of nitrogen functional groups attached to an aromatic ring is 1. The number of nitrogens with zero attached hydrogens (tertiary/aromatic N) is 2. The van der Waals surface area contributed by atoms with Crippen molar-refractivity contribution in [1.29, 1.82) is 0 Å². The van der Waals surface area contributed by atoms with Gasteiger partial charge in [0.05, 0.1) is 24.2 Å². The zero-order valence-corrected chi connectivity index (χ0v) is 7.57. The summed E-state index contributed by atoms with van der Waals surface area (Å²) < 4.78 is 0. The van der Waals surface area contributed by atoms with Crippen molar-refractivity contribution in [3.63, 3.8) is 0 Å². The fourth-order valence-corrected chi connectivity index (χ4v) is 0.783. The van der Waals surface area contributed by atoms with E-state index < -0.39 is 0 Å². The second-order valence-electron chi connectivity index (χ2n) is 2.78. The number of anilines is 2. The lowest BCUT2D eigenvalue weighted by Gasteiger charge is -2.08. The van der Waals surface area contributed by atoms with Gasteiger partial charge in [-0.05, 0) is 6.42 Å². The van der Waals surface area contributed by atoms with Crippen molar-refractivity contribution in [1.82, 2.24) is 9.97 Å². The minimum absolute atomic E-state index is 0.360. The quantitative estimate of drug-likeness (QED) is 0.621. The zero-order chi connectivity index (χ0) is 9.68. The van der Waals surface area contributed by atoms with Gasteiger partial charge in [-0.3, -0.25) is 0 Å². The maximum absolute atomic E-state index is 9.23. The van der Waals surface area contributed by atoms with Crippen molar-refractivity contribution in [2.24, 2.45) is 0 Å². The summed E-state index contributed by atoms with van der Waals surface area (Å²) in [5, 5.41) is 12.1. The lowest BCUT2D eigenvalue weighted by molar-refractivity contribution is 0.183. The summed E-state index contributed by atoms with van der Waals surface area (Å²) in [6.45, 7) is 2.37. The normalized spacial score (nSPS) is 12.5. The first-order valence-electron chi connectivity index (χ1n) is 4.21. The van der Waals surface area contributed by atoms with Crippen molar-refractivity contribution < 1.29 is 5.11 Å². The third kappa shape index (κ3) is 3.25. The largest absolute Gasteiger partial charge is 0.396 e. The van der Waals surface area contributed by atoms with Gasteiger partial charge in [-0.2, -0.15) is 0 Å². The molecular weight excluding hydrogens is 168 g/mol. The molecule has 1 atom stereocenters. The van der Waals surface area contributed by atoms with Crippen LogP contribution in [-0.4, -0.2) is 27.7 Å². The number of aliphatic hydroxyl groups is 1. The maximum Gasteiger partial charge on any atom is 0.222 e. The fourth-order valence-electron chi connectivity index (χ4n) is 0.783. The van der Waals surface area contributed by atoms with Gasteiger partial charge in [-0.25, -0.2) is 9.97 Å². The minimum atomic E-state index is -0.360. The molecule has 72 valence electrons. The molecule has 1 heterocycles. The molecule has 0 aliphatic heterocycles. The van der Waals surface area contributed by atoms with Crippen LogP contribution in [0.1, 0.15) is 13.3 Å². The van der Waals surface area contributed by atoms with Crippen LogP contribution in [0, 0.1) is 0 Å². The van der Waals surface area contributed by atoms with Gasteiger partial charge in [0.25, 0.3) is 0 Å². The highest BCUT2D eigenvalue weighted by molar-refractivity contribution is 5.35. The minimum Gasteiger partial charge on any atom is -0.396 e. The van der Waals surface area contributed by atoms with Crippen LogP contribution in [0.2, 0.25) is 0 Å². The predicted octanol–water partition coefficient (Wildman–Crippen LogP) is 0.242. The summed E-state index contributed by atoms with van der Waals surface area (Å²) in [7, 11) is 0. The molecule has 13 heavy (non-hydrogen) atoms. The van der Waals surface area contributed by atoms with Crippen LogP contribution in [0.15, 0.2) is 12.4 Å². The molecule has 1 aromatic heterocycles. The summed E-state index contributed by atoms with van der Waals surface area (Å²) in [5.41, 5.74) is 5.94. The molecule has 4 N–H and O–H groups in total. The number of hydrogen-bond donors (Lipinski definition) is 3. The molecule has 0 fully saturated rings. The summed E-state index contributed by atoms with van der Waals surface area (Å²) in [5.74, 6) is 0.488. The van der Waals surface area contributed by atoms with Gasteiger partial charge in [-0.15, -0.1) is 0 Å². The summed E-state index contributed by atoms with van der Waals surface area (Å²) in [6.07, 6.45) is 3.39. The van der Waals surface area contributed by atoms with Crippen molar-refractivity contribution in [3.8, 4) is 0 Å². The van der Waals surface area contributed by atoms with E-state index in [1.165, 1.54) is 12.4 Å². The van der Waals surface area contributed by atoms with E-state index in [0.717, 1.165) is 0 Å². The molecule has 0 aromatic carbocycles. The Balaban J connectivity index is 2.41. The molecule has 5 heteroatoms. The van der Waals surface area contributed by atoms with E-state index in [1.807, 2.05) is 6.92 Å². The van der Waals surface area contributed by atoms with Gasteiger partial charge in [0, 0.05) is 6.54 Å². The Hall–Kier alpha value is -1.36. The molecule has 0 aliphatic rings. The smallest absolute Gasteiger partial charge is 0.222 e. The predicted molar refractivity (Wildman–Crippen MR) is 51.2 cm³/mol. The standard InChI is InChI=1S/C8H14N4O/c1-2-7(13)5-12-8-10-3-6(9)4-11-8/h3-4,7,13H,2,5,9H2,1H3,(H,10,11,12). The van der Waals surface area contributed by atoms with Crippen LogP contribution >= 0.6 is 0 Å². The first kappa shape index (κ1) is 9.73. The van der Waals surface area contributed by atoms with Gasteiger partial charge in [-0.1, -0.05) is 6.92 Å². The summed E-state index contributed by atoms with van der Waals surface area (Å²) in [6, 6.07) is 0. The lowest BCUT2D eigenvalue weighted by atomic mass is 10.3. The van der Waals surface area contributed by atoms with Crippen molar-refractivity contribution >= 4 is 11.6 Å². The lowest BCUT2D eigenvalue weighted by Crippen LogP contribution is -2.19. The molecule has 0 saturated carbocycles. The monoisotopic (exact) mass is 182 g/mol. The zero-order valence-electron chi connectivity index (χ0n) is 7.57. The highest BCUT2D eigenvalue weighted by atomic mass is 16.3.